The van der Waals surface area contributed by atoms with E-state index in [1.165, 1.54) is 5.97 Å². The van der Waals surface area contributed by atoms with E-state index in [1.54, 1.807) is 27.7 Å². The molecule has 0 aromatic heterocycles. The zero-order valence-corrected chi connectivity index (χ0v) is 9.78. The second kappa shape index (κ2) is 4.72. The molecule has 1 aliphatic rings. The Bertz CT molecular complexity index is 357. The number of hydrogen-bond acceptors (Lipinski definition) is 4. The van der Waals surface area contributed by atoms with Crippen molar-refractivity contribution in [3.8, 4) is 0 Å². The minimum atomic E-state index is -0.970. The molecule has 0 amide bonds. The summed E-state index contributed by atoms with van der Waals surface area (Å²) in [4.78, 5) is 34.8. The summed E-state index contributed by atoms with van der Waals surface area (Å²) in [5.41, 5.74) is -0.582. The van der Waals surface area contributed by atoms with Crippen molar-refractivity contribution in [1.82, 2.24) is 0 Å². The van der Waals surface area contributed by atoms with Crippen LogP contribution in [-0.2, 0) is 19.1 Å². The predicted octanol–water partition coefficient (Wildman–Crippen LogP) is 0.268. The first kappa shape index (κ1) is 12.8. The standard InChI is InChI=1S/C11H15BO4/c1-4-16-10(15)8(13)7-5-12-6-11(2,3)9(7)14/h5,7H,4,6H2,1-3H3. The molecule has 0 aromatic carbocycles. The average Bonchev–Trinajstić information content (AvgIpc) is 2.21. The molecule has 1 atom stereocenters. The van der Waals surface area contributed by atoms with Gasteiger partial charge in [-0.15, -0.1) is 0 Å². The monoisotopic (exact) mass is 222 g/mol. The molecule has 1 rings (SSSR count). The minimum absolute atomic E-state index is 0.137. The van der Waals surface area contributed by atoms with Crippen LogP contribution in [0.2, 0.25) is 6.32 Å². The summed E-state index contributed by atoms with van der Waals surface area (Å²) in [7, 11) is 0. The quantitative estimate of drug-likeness (QED) is 0.297. The van der Waals surface area contributed by atoms with Gasteiger partial charge in [-0.25, -0.2) is 0 Å². The molecular formula is C11H15BO4. The van der Waals surface area contributed by atoms with Crippen LogP contribution in [0.25, 0.3) is 0 Å². The Morgan fingerprint density at radius 2 is 2.19 bits per heavy atom. The van der Waals surface area contributed by atoms with Gasteiger partial charge in [0.1, 0.15) is 0 Å². The number of ketones is 2. The molecule has 0 N–H and O–H groups in total. The van der Waals surface area contributed by atoms with Gasteiger partial charge in [0.15, 0.2) is 0 Å². The van der Waals surface area contributed by atoms with Crippen molar-refractivity contribution in [3.05, 3.63) is 0 Å². The molecule has 1 heterocycles. The second-order valence-corrected chi connectivity index (χ2v) is 4.44. The molecule has 0 aliphatic carbocycles. The van der Waals surface area contributed by atoms with E-state index in [-0.39, 0.29) is 12.4 Å². The molecular weight excluding hydrogens is 207 g/mol. The van der Waals surface area contributed by atoms with Gasteiger partial charge in [0.25, 0.3) is 0 Å². The van der Waals surface area contributed by atoms with Gasteiger partial charge in [-0.2, -0.15) is 0 Å². The van der Waals surface area contributed by atoms with E-state index in [0.717, 1.165) is 0 Å². The fourth-order valence-electron chi connectivity index (χ4n) is 1.64. The van der Waals surface area contributed by atoms with Crippen LogP contribution < -0.4 is 0 Å². The Morgan fingerprint density at radius 1 is 1.56 bits per heavy atom. The summed E-state index contributed by atoms with van der Waals surface area (Å²) in [5.74, 6) is -1.39. The van der Waals surface area contributed by atoms with Gasteiger partial charge in [-0.1, -0.05) is 0 Å². The number of esters is 1. The van der Waals surface area contributed by atoms with Crippen LogP contribution in [0.4, 0.5) is 0 Å². The van der Waals surface area contributed by atoms with Crippen molar-refractivity contribution in [2.75, 3.05) is 6.61 Å². The molecule has 16 heavy (non-hydrogen) atoms. The Kier molecular flexibility index (Phi) is 3.78. The number of hydrogen-bond donors (Lipinski definition) is 0. The van der Waals surface area contributed by atoms with Gasteiger partial charge in [-0.05, 0) is 0 Å². The van der Waals surface area contributed by atoms with Gasteiger partial charge in [0.05, 0.1) is 0 Å². The maximum atomic E-state index is 11.9. The van der Waals surface area contributed by atoms with Crippen molar-refractivity contribution in [1.29, 1.82) is 0 Å². The molecule has 0 spiro atoms. The van der Waals surface area contributed by atoms with E-state index in [2.05, 4.69) is 4.74 Å². The van der Waals surface area contributed by atoms with Crippen LogP contribution in [0.3, 0.4) is 0 Å². The molecule has 86 valence electrons. The topological polar surface area (TPSA) is 60.4 Å². The summed E-state index contributed by atoms with van der Waals surface area (Å²) >= 11 is 0. The average molecular weight is 222 g/mol. The molecule has 0 radical (unpaired) electrons. The molecule has 0 saturated heterocycles. The van der Waals surface area contributed by atoms with Crippen LogP contribution >= 0.6 is 0 Å². The van der Waals surface area contributed by atoms with Gasteiger partial charge in [0.2, 0.25) is 0 Å². The van der Waals surface area contributed by atoms with Crippen molar-refractivity contribution >= 4 is 30.4 Å². The van der Waals surface area contributed by atoms with E-state index in [0.29, 0.717) is 6.32 Å². The van der Waals surface area contributed by atoms with Gasteiger partial charge >= 0.3 is 94.6 Å². The maximum absolute atomic E-state index is 11.9. The summed E-state index contributed by atoms with van der Waals surface area (Å²) in [5, 5.41) is 0. The third-order valence-electron chi connectivity index (χ3n) is 2.67. The molecule has 0 saturated carbocycles. The van der Waals surface area contributed by atoms with Gasteiger partial charge < -0.3 is 0 Å². The molecule has 0 aromatic rings. The van der Waals surface area contributed by atoms with Gasteiger partial charge in [0, 0.05) is 0 Å². The molecule has 0 bridgehead atoms. The number of rotatable bonds is 3. The van der Waals surface area contributed by atoms with E-state index in [4.69, 9.17) is 0 Å². The molecule has 0 fully saturated rings. The van der Waals surface area contributed by atoms with Crippen molar-refractivity contribution in [2.24, 2.45) is 11.3 Å². The number of Topliss-reactive ketones (excluding diaryl/α,β-unsaturated/α-hetero) is 2. The van der Waals surface area contributed by atoms with Crippen molar-refractivity contribution < 1.29 is 19.1 Å². The first-order valence-corrected chi connectivity index (χ1v) is 5.32. The second-order valence-electron chi connectivity index (χ2n) is 4.44. The van der Waals surface area contributed by atoms with E-state index in [9.17, 15) is 14.4 Å². The van der Waals surface area contributed by atoms with E-state index >= 15 is 0 Å². The molecule has 5 heteroatoms. The fourth-order valence-corrected chi connectivity index (χ4v) is 1.64. The zero-order chi connectivity index (χ0) is 12.3. The summed E-state index contributed by atoms with van der Waals surface area (Å²) in [6, 6.07) is 0. The third-order valence-corrected chi connectivity index (χ3v) is 2.67. The molecule has 1 aliphatic heterocycles. The van der Waals surface area contributed by atoms with Crippen molar-refractivity contribution in [2.45, 2.75) is 27.1 Å². The molecule has 4 nitrogen and oxygen atoms in total. The third kappa shape index (κ3) is 2.46. The Balaban J connectivity index is 2.85. The first-order chi connectivity index (χ1) is 7.40. The van der Waals surface area contributed by atoms with E-state index in [1.807, 2.05) is 0 Å². The fraction of sp³-hybridized carbons (Fsp3) is 0.636. The van der Waals surface area contributed by atoms with Crippen LogP contribution in [-0.4, -0.2) is 37.0 Å². The SMILES string of the molecule is CCOC(=O)C(=O)C1C=BCC(C)(C)C1=O. The Labute approximate surface area is 95.3 Å². The van der Waals surface area contributed by atoms with Crippen LogP contribution in [0.1, 0.15) is 20.8 Å². The Hall–Kier alpha value is -1.26. The first-order valence-electron chi connectivity index (χ1n) is 5.32. The zero-order valence-electron chi connectivity index (χ0n) is 9.78. The summed E-state index contributed by atoms with van der Waals surface area (Å²) < 4.78 is 4.60. The summed E-state index contributed by atoms with van der Waals surface area (Å²) in [6.07, 6.45) is 0.596. The molecule has 1 unspecified atom stereocenters. The Morgan fingerprint density at radius 3 is 2.75 bits per heavy atom. The number of carbonyl (C=O) groups excluding carboxylic acids is 3. The van der Waals surface area contributed by atoms with Gasteiger partial charge in [-0.3, -0.25) is 0 Å². The summed E-state index contributed by atoms with van der Waals surface area (Å²) in [6.45, 7) is 7.06. The van der Waals surface area contributed by atoms with Crippen LogP contribution in [0, 0.1) is 11.3 Å². The normalized spacial score (nSPS) is 22.4. The van der Waals surface area contributed by atoms with Crippen LogP contribution in [0.5, 0.6) is 0 Å². The van der Waals surface area contributed by atoms with Crippen molar-refractivity contribution in [3.63, 3.8) is 0 Å². The predicted molar refractivity (Wildman–Crippen MR) is 60.5 cm³/mol. The number of carbonyl (C=O) groups is 3. The van der Waals surface area contributed by atoms with Crippen LogP contribution in [0.15, 0.2) is 0 Å². The number of ether oxygens (including phenoxy) is 1. The van der Waals surface area contributed by atoms with E-state index < -0.39 is 23.1 Å².